The van der Waals surface area contributed by atoms with Gasteiger partial charge in [0.05, 0.1) is 25.0 Å². The third-order valence-corrected chi connectivity index (χ3v) is 2.07. The Morgan fingerprint density at radius 1 is 1.47 bits per heavy atom. The summed E-state index contributed by atoms with van der Waals surface area (Å²) in [5, 5.41) is 4.09. The number of nitrogens with zero attached hydrogens (tertiary/aromatic N) is 2. The lowest BCUT2D eigenvalue weighted by Crippen LogP contribution is -2.40. The monoisotopic (exact) mass is 269 g/mol. The van der Waals surface area contributed by atoms with Gasteiger partial charge in [0.25, 0.3) is 0 Å². The molecule has 0 radical (unpaired) electrons. The summed E-state index contributed by atoms with van der Waals surface area (Å²) in [6.45, 7) is 9.55. The van der Waals surface area contributed by atoms with E-state index in [-0.39, 0.29) is 12.6 Å². The minimum Gasteiger partial charge on any atom is -0.488 e. The summed E-state index contributed by atoms with van der Waals surface area (Å²) in [5.74, 6) is 0.223. The quantitative estimate of drug-likeness (QED) is 0.816. The van der Waals surface area contributed by atoms with E-state index < -0.39 is 17.6 Å². The highest BCUT2D eigenvalue weighted by atomic mass is 16.6. The molecule has 0 aliphatic heterocycles. The molecule has 0 spiro atoms. The molecule has 2 N–H and O–H groups in total. The van der Waals surface area contributed by atoms with Crippen LogP contribution in [0, 0.1) is 0 Å². The molecule has 0 aliphatic carbocycles. The molecule has 0 bridgehead atoms. The van der Waals surface area contributed by atoms with Gasteiger partial charge in [0.1, 0.15) is 11.6 Å². The van der Waals surface area contributed by atoms with Gasteiger partial charge in [-0.1, -0.05) is 0 Å². The van der Waals surface area contributed by atoms with Crippen LogP contribution in [0.15, 0.2) is 12.4 Å². The Labute approximate surface area is 113 Å². The van der Waals surface area contributed by atoms with Gasteiger partial charge in [0, 0.05) is 0 Å². The summed E-state index contributed by atoms with van der Waals surface area (Å²) in [5.41, 5.74) is 5.25. The van der Waals surface area contributed by atoms with E-state index in [0.29, 0.717) is 5.75 Å². The predicted molar refractivity (Wildman–Crippen MR) is 71.8 cm³/mol. The van der Waals surface area contributed by atoms with E-state index in [0.717, 1.165) is 0 Å². The van der Waals surface area contributed by atoms with Gasteiger partial charge in [-0.2, -0.15) is 5.10 Å². The average Bonchev–Trinajstić information content (AvgIpc) is 2.61. The zero-order chi connectivity index (χ0) is 14.6. The molecule has 0 amide bonds. The fraction of sp³-hybridized carbons (Fsp3) is 0.692. The Hall–Kier alpha value is -1.56. The lowest BCUT2D eigenvalue weighted by Gasteiger charge is -2.22. The zero-order valence-corrected chi connectivity index (χ0v) is 12.2. The number of carbonyl (C=O) groups is 1. The summed E-state index contributed by atoms with van der Waals surface area (Å²) in [7, 11) is 0. The van der Waals surface area contributed by atoms with E-state index in [9.17, 15) is 4.79 Å². The lowest BCUT2D eigenvalue weighted by molar-refractivity contribution is -0.156. The van der Waals surface area contributed by atoms with E-state index in [1.54, 1.807) is 37.8 Å². The zero-order valence-electron chi connectivity index (χ0n) is 12.2. The number of hydrogen-bond acceptors (Lipinski definition) is 5. The molecule has 0 saturated carbocycles. The van der Waals surface area contributed by atoms with Crippen molar-refractivity contribution in [1.82, 2.24) is 9.78 Å². The summed E-state index contributed by atoms with van der Waals surface area (Å²) >= 11 is 0. The first kappa shape index (κ1) is 15.5. The first-order valence-electron chi connectivity index (χ1n) is 6.35. The van der Waals surface area contributed by atoms with Gasteiger partial charge in [-0.3, -0.25) is 9.48 Å². The fourth-order valence-electron chi connectivity index (χ4n) is 1.43. The van der Waals surface area contributed by atoms with Crippen LogP contribution >= 0.6 is 0 Å². The van der Waals surface area contributed by atoms with Crippen LogP contribution in [0.1, 0.15) is 34.6 Å². The molecular formula is C13H23N3O3. The molecular weight excluding hydrogens is 246 g/mol. The highest BCUT2D eigenvalue weighted by Crippen LogP contribution is 2.12. The number of esters is 1. The second kappa shape index (κ2) is 6.06. The SMILES string of the molecule is CC(C)Oc1cnn(CC(N)C(=O)OC(C)(C)C)c1. The highest BCUT2D eigenvalue weighted by molar-refractivity contribution is 5.75. The van der Waals surface area contributed by atoms with E-state index in [4.69, 9.17) is 15.2 Å². The standard InChI is InChI=1S/C13H23N3O3/c1-9(2)18-10-6-15-16(7-10)8-11(14)12(17)19-13(3,4)5/h6-7,9,11H,8,14H2,1-5H3. The third-order valence-electron chi connectivity index (χ3n) is 2.07. The van der Waals surface area contributed by atoms with Crippen molar-refractivity contribution in [3.05, 3.63) is 12.4 Å². The highest BCUT2D eigenvalue weighted by Gasteiger charge is 2.22. The maximum atomic E-state index is 11.7. The molecule has 0 fully saturated rings. The number of hydrogen-bond donors (Lipinski definition) is 1. The maximum Gasteiger partial charge on any atom is 0.325 e. The van der Waals surface area contributed by atoms with Crippen LogP contribution in [0.2, 0.25) is 0 Å². The largest absolute Gasteiger partial charge is 0.488 e. The molecule has 1 heterocycles. The molecule has 108 valence electrons. The molecule has 6 heteroatoms. The van der Waals surface area contributed by atoms with Crippen molar-refractivity contribution in [3.63, 3.8) is 0 Å². The van der Waals surface area contributed by atoms with Crippen LogP contribution in [0.25, 0.3) is 0 Å². The smallest absolute Gasteiger partial charge is 0.325 e. The predicted octanol–water partition coefficient (Wildman–Crippen LogP) is 1.34. The molecule has 0 saturated heterocycles. The van der Waals surface area contributed by atoms with Gasteiger partial charge in [0.2, 0.25) is 0 Å². The average molecular weight is 269 g/mol. The molecule has 1 aromatic heterocycles. The lowest BCUT2D eigenvalue weighted by atomic mass is 10.2. The first-order chi connectivity index (χ1) is 8.67. The van der Waals surface area contributed by atoms with Crippen molar-refractivity contribution in [2.45, 2.75) is 58.9 Å². The van der Waals surface area contributed by atoms with E-state index in [1.807, 2.05) is 13.8 Å². The number of aromatic nitrogens is 2. The van der Waals surface area contributed by atoms with Gasteiger partial charge in [-0.25, -0.2) is 0 Å². The summed E-state index contributed by atoms with van der Waals surface area (Å²) in [6.07, 6.45) is 3.39. The second-order valence-electron chi connectivity index (χ2n) is 5.70. The molecule has 0 aliphatic rings. The second-order valence-corrected chi connectivity index (χ2v) is 5.70. The number of nitrogens with two attached hydrogens (primary N) is 1. The maximum absolute atomic E-state index is 11.7. The number of ether oxygens (including phenoxy) is 2. The molecule has 0 aromatic carbocycles. The van der Waals surface area contributed by atoms with E-state index >= 15 is 0 Å². The van der Waals surface area contributed by atoms with Crippen LogP contribution in [0.5, 0.6) is 5.75 Å². The van der Waals surface area contributed by atoms with Gasteiger partial charge in [-0.15, -0.1) is 0 Å². The van der Waals surface area contributed by atoms with Crippen molar-refractivity contribution in [3.8, 4) is 5.75 Å². The Morgan fingerprint density at radius 2 is 2.11 bits per heavy atom. The normalized spacial score (nSPS) is 13.4. The van der Waals surface area contributed by atoms with Crippen LogP contribution in [-0.2, 0) is 16.1 Å². The van der Waals surface area contributed by atoms with Crippen molar-refractivity contribution in [2.24, 2.45) is 5.73 Å². The topological polar surface area (TPSA) is 79.4 Å². The van der Waals surface area contributed by atoms with Crippen molar-refractivity contribution in [2.75, 3.05) is 0 Å². The van der Waals surface area contributed by atoms with Crippen LogP contribution in [-0.4, -0.2) is 33.5 Å². The van der Waals surface area contributed by atoms with Gasteiger partial charge < -0.3 is 15.2 Å². The Morgan fingerprint density at radius 3 is 2.63 bits per heavy atom. The Balaban J connectivity index is 2.54. The number of rotatable bonds is 5. The number of carbonyl (C=O) groups excluding carboxylic acids is 1. The summed E-state index contributed by atoms with van der Waals surface area (Å²) in [6, 6.07) is -0.744. The van der Waals surface area contributed by atoms with Gasteiger partial charge >= 0.3 is 5.97 Å². The Bertz CT molecular complexity index is 421. The first-order valence-corrected chi connectivity index (χ1v) is 6.35. The molecule has 1 atom stereocenters. The van der Waals surface area contributed by atoms with E-state index in [2.05, 4.69) is 5.10 Å². The fourth-order valence-corrected chi connectivity index (χ4v) is 1.43. The third kappa shape index (κ3) is 5.74. The van der Waals surface area contributed by atoms with E-state index in [1.165, 1.54) is 0 Å². The summed E-state index contributed by atoms with van der Waals surface area (Å²) in [4.78, 5) is 11.7. The van der Waals surface area contributed by atoms with Crippen LogP contribution in [0.4, 0.5) is 0 Å². The molecule has 1 unspecified atom stereocenters. The minimum absolute atomic E-state index is 0.0807. The van der Waals surface area contributed by atoms with Crippen molar-refractivity contribution >= 4 is 5.97 Å². The van der Waals surface area contributed by atoms with Crippen molar-refractivity contribution in [1.29, 1.82) is 0 Å². The summed E-state index contributed by atoms with van der Waals surface area (Å²) < 4.78 is 12.3. The van der Waals surface area contributed by atoms with Crippen LogP contribution in [0.3, 0.4) is 0 Å². The molecule has 1 rings (SSSR count). The van der Waals surface area contributed by atoms with Crippen molar-refractivity contribution < 1.29 is 14.3 Å². The van der Waals surface area contributed by atoms with Gasteiger partial charge in [-0.05, 0) is 34.6 Å². The van der Waals surface area contributed by atoms with Crippen LogP contribution < -0.4 is 10.5 Å². The van der Waals surface area contributed by atoms with Gasteiger partial charge in [0.15, 0.2) is 5.75 Å². The Kier molecular flexibility index (Phi) is 4.94. The molecule has 1 aromatic rings. The molecule has 6 nitrogen and oxygen atoms in total. The molecule has 19 heavy (non-hydrogen) atoms. The minimum atomic E-state index is -0.744.